The highest BCUT2D eigenvalue weighted by molar-refractivity contribution is 7.98. The van der Waals surface area contributed by atoms with Gasteiger partial charge in [-0.1, -0.05) is 41.6 Å². The Morgan fingerprint density at radius 3 is 2.52 bits per heavy atom. The Morgan fingerprint density at radius 1 is 0.931 bits per heavy atom. The molecule has 0 atom stereocenters. The minimum atomic E-state index is 0.750. The Hall–Kier alpha value is -3.03. The van der Waals surface area contributed by atoms with Gasteiger partial charge in [-0.15, -0.1) is 21.5 Å². The van der Waals surface area contributed by atoms with Crippen molar-refractivity contribution in [3.63, 3.8) is 0 Å². The molecule has 0 aliphatic heterocycles. The van der Waals surface area contributed by atoms with Gasteiger partial charge in [-0.3, -0.25) is 9.55 Å². The summed E-state index contributed by atoms with van der Waals surface area (Å²) >= 11 is 3.38. The maximum absolute atomic E-state index is 4.74. The molecule has 7 heteroatoms. The highest BCUT2D eigenvalue weighted by Gasteiger charge is 2.17. The number of nitrogens with zero attached hydrogens (tertiary/aromatic N) is 5. The van der Waals surface area contributed by atoms with Gasteiger partial charge in [-0.25, -0.2) is 4.98 Å². The van der Waals surface area contributed by atoms with Crippen molar-refractivity contribution in [2.45, 2.75) is 17.8 Å². The standard InChI is InChI=1S/C22H17N5S2/c1-15-6-8-17(9-7-15)27-21(16-10-12-23-13-11-16)25-26-22(27)28-14-20-24-18-4-2-3-5-19(18)29-20/h2-13H,14H2,1H3. The lowest BCUT2D eigenvalue weighted by Gasteiger charge is -2.10. The minimum absolute atomic E-state index is 0.750. The normalized spacial score (nSPS) is 11.2. The van der Waals surface area contributed by atoms with Crippen LogP contribution in [0.5, 0.6) is 0 Å². The van der Waals surface area contributed by atoms with Crippen LogP contribution in [0.4, 0.5) is 0 Å². The summed E-state index contributed by atoms with van der Waals surface area (Å²) in [6.07, 6.45) is 3.55. The number of aryl methyl sites for hydroxylation is 1. The molecular formula is C22H17N5S2. The number of para-hydroxylation sites is 1. The Kier molecular flexibility index (Phi) is 4.83. The second kappa shape index (κ2) is 7.77. The number of hydrogen-bond donors (Lipinski definition) is 0. The van der Waals surface area contributed by atoms with E-state index in [-0.39, 0.29) is 0 Å². The van der Waals surface area contributed by atoms with E-state index in [4.69, 9.17) is 4.98 Å². The molecule has 0 amide bonds. The summed E-state index contributed by atoms with van der Waals surface area (Å²) in [5, 5.41) is 10.9. The van der Waals surface area contributed by atoms with Crippen molar-refractivity contribution >= 4 is 33.3 Å². The Labute approximate surface area is 176 Å². The third-order valence-corrected chi connectivity index (χ3v) is 6.69. The molecule has 5 nitrogen and oxygen atoms in total. The van der Waals surface area contributed by atoms with Crippen molar-refractivity contribution in [1.29, 1.82) is 0 Å². The molecule has 3 heterocycles. The average molecular weight is 416 g/mol. The van der Waals surface area contributed by atoms with Gasteiger partial charge < -0.3 is 0 Å². The summed E-state index contributed by atoms with van der Waals surface area (Å²) in [6.45, 7) is 2.09. The summed E-state index contributed by atoms with van der Waals surface area (Å²) in [6, 6.07) is 20.6. The third-order valence-electron chi connectivity index (χ3n) is 4.53. The summed E-state index contributed by atoms with van der Waals surface area (Å²) < 4.78 is 3.31. The lowest BCUT2D eigenvalue weighted by atomic mass is 10.2. The Morgan fingerprint density at radius 2 is 1.72 bits per heavy atom. The lowest BCUT2D eigenvalue weighted by Crippen LogP contribution is -2.00. The number of rotatable bonds is 5. The first-order chi connectivity index (χ1) is 14.3. The van der Waals surface area contributed by atoms with Gasteiger partial charge >= 0.3 is 0 Å². The van der Waals surface area contributed by atoms with Crippen LogP contribution in [0.25, 0.3) is 27.3 Å². The molecule has 0 saturated carbocycles. The van der Waals surface area contributed by atoms with Crippen LogP contribution in [0.3, 0.4) is 0 Å². The van der Waals surface area contributed by atoms with Crippen LogP contribution in [0.1, 0.15) is 10.6 Å². The predicted octanol–water partition coefficient (Wildman–Crippen LogP) is 5.54. The van der Waals surface area contributed by atoms with E-state index in [2.05, 4.69) is 63.1 Å². The molecular weight excluding hydrogens is 398 g/mol. The van der Waals surface area contributed by atoms with Gasteiger partial charge in [0, 0.05) is 23.6 Å². The third kappa shape index (κ3) is 3.66. The SMILES string of the molecule is Cc1ccc(-n2c(SCc3nc4ccccc4s3)nnc2-c2ccncc2)cc1. The highest BCUT2D eigenvalue weighted by atomic mass is 32.2. The fourth-order valence-corrected chi connectivity index (χ4v) is 5.00. The molecule has 142 valence electrons. The van der Waals surface area contributed by atoms with Crippen LogP contribution in [0, 0.1) is 6.92 Å². The molecule has 0 spiro atoms. The van der Waals surface area contributed by atoms with Crippen molar-refractivity contribution < 1.29 is 0 Å². The molecule has 0 N–H and O–H groups in total. The predicted molar refractivity (Wildman–Crippen MR) is 119 cm³/mol. The van der Waals surface area contributed by atoms with Gasteiger partial charge in [0.05, 0.1) is 16.0 Å². The maximum atomic E-state index is 4.74. The van der Waals surface area contributed by atoms with E-state index in [9.17, 15) is 0 Å². The van der Waals surface area contributed by atoms with Gasteiger partial charge in [0.2, 0.25) is 0 Å². The molecule has 0 saturated heterocycles. The van der Waals surface area contributed by atoms with Crippen LogP contribution >= 0.6 is 23.1 Å². The number of aromatic nitrogens is 5. The van der Waals surface area contributed by atoms with Crippen molar-refractivity contribution in [3.8, 4) is 17.1 Å². The largest absolute Gasteiger partial charge is 0.270 e. The van der Waals surface area contributed by atoms with Gasteiger partial charge in [-0.05, 0) is 43.3 Å². The number of hydrogen-bond acceptors (Lipinski definition) is 6. The van der Waals surface area contributed by atoms with E-state index in [1.54, 1.807) is 35.5 Å². The van der Waals surface area contributed by atoms with Crippen LogP contribution in [0.15, 0.2) is 78.2 Å². The molecule has 0 aliphatic rings. The van der Waals surface area contributed by atoms with E-state index < -0.39 is 0 Å². The van der Waals surface area contributed by atoms with Gasteiger partial charge in [0.15, 0.2) is 11.0 Å². The minimum Gasteiger partial charge on any atom is -0.270 e. The van der Waals surface area contributed by atoms with Crippen LogP contribution in [-0.4, -0.2) is 24.7 Å². The fourth-order valence-electron chi connectivity index (χ4n) is 3.09. The topological polar surface area (TPSA) is 56.5 Å². The van der Waals surface area contributed by atoms with Crippen molar-refractivity contribution in [3.05, 3.63) is 83.6 Å². The van der Waals surface area contributed by atoms with E-state index >= 15 is 0 Å². The smallest absolute Gasteiger partial charge is 0.196 e. The summed E-state index contributed by atoms with van der Waals surface area (Å²) in [5.74, 6) is 1.56. The van der Waals surface area contributed by atoms with Crippen LogP contribution < -0.4 is 0 Å². The number of pyridine rings is 1. The van der Waals surface area contributed by atoms with Crippen LogP contribution in [0.2, 0.25) is 0 Å². The molecule has 5 rings (SSSR count). The van der Waals surface area contributed by atoms with Gasteiger partial charge in [0.25, 0.3) is 0 Å². The van der Waals surface area contributed by atoms with E-state index in [0.29, 0.717) is 0 Å². The number of thiazole rings is 1. The first-order valence-electron chi connectivity index (χ1n) is 9.18. The number of fused-ring (bicyclic) bond motifs is 1. The molecule has 0 aliphatic carbocycles. The zero-order valence-corrected chi connectivity index (χ0v) is 17.3. The first kappa shape index (κ1) is 18.0. The quantitative estimate of drug-likeness (QED) is 0.353. The Balaban J connectivity index is 1.52. The van der Waals surface area contributed by atoms with Gasteiger partial charge in [0.1, 0.15) is 5.01 Å². The first-order valence-corrected chi connectivity index (χ1v) is 11.0. The van der Waals surface area contributed by atoms with Crippen LogP contribution in [-0.2, 0) is 5.75 Å². The molecule has 0 unspecified atom stereocenters. The monoisotopic (exact) mass is 415 g/mol. The zero-order chi connectivity index (χ0) is 19.6. The molecule has 29 heavy (non-hydrogen) atoms. The number of benzene rings is 2. The van der Waals surface area contributed by atoms with Gasteiger partial charge in [-0.2, -0.15) is 0 Å². The second-order valence-electron chi connectivity index (χ2n) is 6.58. The summed E-state index contributed by atoms with van der Waals surface area (Å²) in [7, 11) is 0. The zero-order valence-electron chi connectivity index (χ0n) is 15.7. The fraction of sp³-hybridized carbons (Fsp3) is 0.0909. The maximum Gasteiger partial charge on any atom is 0.196 e. The van der Waals surface area contributed by atoms with E-state index in [0.717, 1.165) is 38.5 Å². The summed E-state index contributed by atoms with van der Waals surface area (Å²) in [5.41, 5.74) is 4.29. The molecule has 2 aromatic carbocycles. The molecule has 0 bridgehead atoms. The summed E-state index contributed by atoms with van der Waals surface area (Å²) in [4.78, 5) is 8.86. The number of thioether (sulfide) groups is 1. The second-order valence-corrected chi connectivity index (χ2v) is 8.63. The van der Waals surface area contributed by atoms with Crippen molar-refractivity contribution in [2.24, 2.45) is 0 Å². The lowest BCUT2D eigenvalue weighted by molar-refractivity contribution is 0.885. The molecule has 3 aromatic heterocycles. The molecule has 0 fully saturated rings. The molecule has 0 radical (unpaired) electrons. The van der Waals surface area contributed by atoms with Crippen molar-refractivity contribution in [2.75, 3.05) is 0 Å². The van der Waals surface area contributed by atoms with E-state index in [1.807, 2.05) is 24.3 Å². The van der Waals surface area contributed by atoms with Crippen molar-refractivity contribution in [1.82, 2.24) is 24.7 Å². The average Bonchev–Trinajstić information content (AvgIpc) is 3.37. The van der Waals surface area contributed by atoms with E-state index in [1.165, 1.54) is 10.3 Å². The Bertz CT molecular complexity index is 1230. The highest BCUT2D eigenvalue weighted by Crippen LogP contribution is 2.31. The molecule has 5 aromatic rings.